The molecule has 0 saturated carbocycles. The van der Waals surface area contributed by atoms with Crippen LogP contribution in [0.1, 0.15) is 21.7 Å². The highest BCUT2D eigenvalue weighted by Crippen LogP contribution is 2.21. The number of aromatic nitrogens is 3. The van der Waals surface area contributed by atoms with E-state index < -0.39 is 0 Å². The Morgan fingerprint density at radius 3 is 2.46 bits per heavy atom. The lowest BCUT2D eigenvalue weighted by Gasteiger charge is -2.36. The summed E-state index contributed by atoms with van der Waals surface area (Å²) in [6.07, 6.45) is 1.63. The van der Waals surface area contributed by atoms with Crippen LogP contribution >= 0.6 is 11.6 Å². The molecule has 0 atom stereocenters. The van der Waals surface area contributed by atoms with Gasteiger partial charge in [0.1, 0.15) is 5.56 Å². The number of benzene rings is 1. The fourth-order valence-corrected chi connectivity index (χ4v) is 3.54. The third-order valence-corrected chi connectivity index (χ3v) is 5.02. The van der Waals surface area contributed by atoms with Crippen molar-refractivity contribution in [3.05, 3.63) is 58.5 Å². The molecule has 0 unspecified atom stereocenters. The number of halogens is 1. The van der Waals surface area contributed by atoms with Gasteiger partial charge < -0.3 is 9.80 Å². The minimum Gasteiger partial charge on any atom is -0.368 e. The van der Waals surface area contributed by atoms with E-state index in [-0.39, 0.29) is 5.91 Å². The lowest BCUT2D eigenvalue weighted by atomic mass is 10.2. The quantitative estimate of drug-likeness (QED) is 0.697. The van der Waals surface area contributed by atoms with Gasteiger partial charge in [-0.3, -0.25) is 4.79 Å². The first kappa shape index (κ1) is 16.8. The molecule has 0 bridgehead atoms. The number of hydrogen-bond donors (Lipinski definition) is 0. The predicted molar refractivity (Wildman–Crippen MR) is 102 cm³/mol. The number of carbonyl (C=O) groups is 1. The summed E-state index contributed by atoms with van der Waals surface area (Å²) < 4.78 is 1.73. The molecule has 1 aliphatic rings. The Labute approximate surface area is 157 Å². The summed E-state index contributed by atoms with van der Waals surface area (Å²) in [6, 6.07) is 9.77. The molecule has 7 heteroatoms. The lowest BCUT2D eigenvalue weighted by Crippen LogP contribution is -2.48. The Bertz CT molecular complexity index is 958. The van der Waals surface area contributed by atoms with Crippen LogP contribution in [0.2, 0.25) is 5.02 Å². The number of amides is 1. The Kier molecular flexibility index (Phi) is 4.28. The maximum Gasteiger partial charge on any atom is 0.259 e. The van der Waals surface area contributed by atoms with Crippen LogP contribution in [0.3, 0.4) is 0 Å². The third kappa shape index (κ3) is 3.01. The van der Waals surface area contributed by atoms with E-state index >= 15 is 0 Å². The maximum atomic E-state index is 13.0. The fraction of sp³-hybridized carbons (Fsp3) is 0.316. The van der Waals surface area contributed by atoms with Crippen molar-refractivity contribution in [2.45, 2.75) is 13.8 Å². The zero-order valence-corrected chi connectivity index (χ0v) is 15.6. The Morgan fingerprint density at radius 2 is 1.77 bits per heavy atom. The van der Waals surface area contributed by atoms with Gasteiger partial charge in [-0.25, -0.2) is 9.50 Å². The summed E-state index contributed by atoms with van der Waals surface area (Å²) in [7, 11) is 0. The van der Waals surface area contributed by atoms with Gasteiger partial charge in [0.15, 0.2) is 5.65 Å². The van der Waals surface area contributed by atoms with Gasteiger partial charge in [0.2, 0.25) is 0 Å². The van der Waals surface area contributed by atoms with Crippen LogP contribution in [-0.2, 0) is 0 Å². The van der Waals surface area contributed by atoms with Gasteiger partial charge in [-0.15, -0.1) is 0 Å². The Morgan fingerprint density at radius 1 is 1.08 bits per heavy atom. The molecule has 3 aromatic rings. The number of hydrogen-bond acceptors (Lipinski definition) is 4. The molecule has 4 rings (SSSR count). The summed E-state index contributed by atoms with van der Waals surface area (Å²) in [4.78, 5) is 21.6. The zero-order valence-electron chi connectivity index (χ0n) is 14.8. The summed E-state index contributed by atoms with van der Waals surface area (Å²) in [5, 5.41) is 5.06. The summed E-state index contributed by atoms with van der Waals surface area (Å²) in [6.45, 7) is 6.82. The predicted octanol–water partition coefficient (Wildman–Crippen LogP) is 2.96. The van der Waals surface area contributed by atoms with E-state index in [0.717, 1.165) is 35.2 Å². The van der Waals surface area contributed by atoms with E-state index in [1.54, 1.807) is 10.7 Å². The highest BCUT2D eigenvalue weighted by molar-refractivity contribution is 6.30. The number of carbonyl (C=O) groups excluding carboxylic acids is 1. The van der Waals surface area contributed by atoms with Gasteiger partial charge in [0.05, 0.1) is 6.20 Å². The van der Waals surface area contributed by atoms with Crippen LogP contribution in [0.4, 0.5) is 5.69 Å². The fourth-order valence-electron chi connectivity index (χ4n) is 3.41. The molecule has 3 heterocycles. The van der Waals surface area contributed by atoms with E-state index in [0.29, 0.717) is 24.3 Å². The molecule has 1 aliphatic heterocycles. The number of fused-ring (bicyclic) bond motifs is 1. The smallest absolute Gasteiger partial charge is 0.259 e. The highest BCUT2D eigenvalue weighted by atomic mass is 35.5. The highest BCUT2D eigenvalue weighted by Gasteiger charge is 2.25. The zero-order chi connectivity index (χ0) is 18.3. The molecule has 1 aromatic carbocycles. The summed E-state index contributed by atoms with van der Waals surface area (Å²) in [5.74, 6) is -0.00624. The first-order chi connectivity index (χ1) is 12.5. The van der Waals surface area contributed by atoms with Crippen LogP contribution in [0, 0.1) is 13.8 Å². The first-order valence-corrected chi connectivity index (χ1v) is 9.02. The number of rotatable bonds is 2. The van der Waals surface area contributed by atoms with Crippen molar-refractivity contribution in [1.29, 1.82) is 0 Å². The Hall–Kier alpha value is -2.60. The lowest BCUT2D eigenvalue weighted by molar-refractivity contribution is 0.0748. The van der Waals surface area contributed by atoms with Crippen LogP contribution in [0.5, 0.6) is 0 Å². The van der Waals surface area contributed by atoms with Gasteiger partial charge in [0, 0.05) is 48.3 Å². The molecule has 0 spiro atoms. The molecule has 0 N–H and O–H groups in total. The minimum atomic E-state index is -0.00624. The monoisotopic (exact) mass is 369 g/mol. The van der Waals surface area contributed by atoms with Gasteiger partial charge in [-0.05, 0) is 44.2 Å². The molecule has 1 saturated heterocycles. The van der Waals surface area contributed by atoms with Gasteiger partial charge in [-0.1, -0.05) is 11.6 Å². The van der Waals surface area contributed by atoms with Crippen LogP contribution in [0.15, 0.2) is 36.5 Å². The van der Waals surface area contributed by atoms with Crippen molar-refractivity contribution in [2.75, 3.05) is 31.1 Å². The number of nitrogens with zero attached hydrogens (tertiary/aromatic N) is 5. The van der Waals surface area contributed by atoms with E-state index in [9.17, 15) is 4.79 Å². The van der Waals surface area contributed by atoms with Gasteiger partial charge in [-0.2, -0.15) is 5.10 Å². The molecule has 1 amide bonds. The van der Waals surface area contributed by atoms with Crippen molar-refractivity contribution in [3.63, 3.8) is 0 Å². The first-order valence-electron chi connectivity index (χ1n) is 8.65. The van der Waals surface area contributed by atoms with E-state index in [1.165, 1.54) is 0 Å². The van der Waals surface area contributed by atoms with Crippen LogP contribution < -0.4 is 4.90 Å². The van der Waals surface area contributed by atoms with Crippen molar-refractivity contribution in [3.8, 4) is 0 Å². The standard InChI is InChI=1S/C19H20ClN5O/c1-13-11-14(2)25-18(22-13)17(12-21-25)19(26)24-9-7-23(8-10-24)16-5-3-15(20)4-6-16/h3-6,11-12H,7-10H2,1-2H3. The third-order valence-electron chi connectivity index (χ3n) is 4.77. The molecule has 0 aliphatic carbocycles. The van der Waals surface area contributed by atoms with Crippen molar-refractivity contribution < 1.29 is 4.79 Å². The molecule has 6 nitrogen and oxygen atoms in total. The topological polar surface area (TPSA) is 53.7 Å². The van der Waals surface area contributed by atoms with Crippen LogP contribution in [-0.4, -0.2) is 51.6 Å². The van der Waals surface area contributed by atoms with Gasteiger partial charge >= 0.3 is 0 Å². The second-order valence-corrected chi connectivity index (χ2v) is 7.02. The van der Waals surface area contributed by atoms with Crippen molar-refractivity contribution in [2.24, 2.45) is 0 Å². The average molecular weight is 370 g/mol. The van der Waals surface area contributed by atoms with Crippen LogP contribution in [0.25, 0.3) is 5.65 Å². The molecule has 134 valence electrons. The van der Waals surface area contributed by atoms with E-state index in [2.05, 4.69) is 15.0 Å². The second kappa shape index (κ2) is 6.61. The normalized spacial score (nSPS) is 14.9. The average Bonchev–Trinajstić information content (AvgIpc) is 3.06. The summed E-state index contributed by atoms with van der Waals surface area (Å²) >= 11 is 5.96. The van der Waals surface area contributed by atoms with E-state index in [4.69, 9.17) is 11.6 Å². The number of anilines is 1. The van der Waals surface area contributed by atoms with Crippen molar-refractivity contribution >= 4 is 28.8 Å². The molecule has 1 fully saturated rings. The maximum absolute atomic E-state index is 13.0. The molecular weight excluding hydrogens is 350 g/mol. The minimum absolute atomic E-state index is 0.00624. The molecule has 2 aromatic heterocycles. The van der Waals surface area contributed by atoms with E-state index in [1.807, 2.05) is 49.1 Å². The Balaban J connectivity index is 1.51. The van der Waals surface area contributed by atoms with Crippen molar-refractivity contribution in [1.82, 2.24) is 19.5 Å². The molecular formula is C19H20ClN5O. The largest absolute Gasteiger partial charge is 0.368 e. The SMILES string of the molecule is Cc1cc(C)n2ncc(C(=O)N3CCN(c4ccc(Cl)cc4)CC3)c2n1. The number of piperazine rings is 1. The second-order valence-electron chi connectivity index (χ2n) is 6.59. The molecule has 26 heavy (non-hydrogen) atoms. The summed E-state index contributed by atoms with van der Waals surface area (Å²) in [5.41, 5.74) is 4.19. The molecule has 0 radical (unpaired) electrons. The number of aryl methyl sites for hydroxylation is 2. The van der Waals surface area contributed by atoms with Gasteiger partial charge in [0.25, 0.3) is 5.91 Å².